The smallest absolute Gasteiger partial charge is 0.352 e. The van der Waals surface area contributed by atoms with Crippen LogP contribution in [0.2, 0.25) is 0 Å². The van der Waals surface area contributed by atoms with Gasteiger partial charge in [0.05, 0.1) is 10.5 Å². The molecule has 140 valence electrons. The van der Waals surface area contributed by atoms with Crippen LogP contribution >= 0.6 is 0 Å². The maximum atomic E-state index is 12.7. The summed E-state index contributed by atoms with van der Waals surface area (Å²) in [6, 6.07) is 3.62. The van der Waals surface area contributed by atoms with E-state index in [1.54, 1.807) is 0 Å². The molecule has 0 saturated carbocycles. The third-order valence-corrected chi connectivity index (χ3v) is 5.23. The van der Waals surface area contributed by atoms with Gasteiger partial charge in [-0.05, 0) is 37.6 Å². The third kappa shape index (κ3) is 5.98. The van der Waals surface area contributed by atoms with Crippen LogP contribution in [0.15, 0.2) is 29.2 Å². The van der Waals surface area contributed by atoms with E-state index in [9.17, 15) is 26.4 Å². The predicted molar refractivity (Wildman–Crippen MR) is 85.3 cm³/mol. The molecule has 1 aromatic rings. The van der Waals surface area contributed by atoms with E-state index in [4.69, 9.17) is 0 Å². The fourth-order valence-corrected chi connectivity index (χ4v) is 3.58. The van der Waals surface area contributed by atoms with Gasteiger partial charge in [0, 0.05) is 25.6 Å². The van der Waals surface area contributed by atoms with Crippen LogP contribution in [-0.2, 0) is 21.0 Å². The van der Waals surface area contributed by atoms with Crippen LogP contribution in [0.25, 0.3) is 0 Å². The van der Waals surface area contributed by atoms with Gasteiger partial charge in [0.2, 0.25) is 15.9 Å². The lowest BCUT2D eigenvalue weighted by Crippen LogP contribution is -2.36. The molecular weight excluding hydrogens is 359 g/mol. The lowest BCUT2D eigenvalue weighted by Gasteiger charge is -2.12. The van der Waals surface area contributed by atoms with E-state index in [0.717, 1.165) is 31.2 Å². The Morgan fingerprint density at radius 1 is 1.32 bits per heavy atom. The zero-order valence-electron chi connectivity index (χ0n) is 13.4. The van der Waals surface area contributed by atoms with Gasteiger partial charge in [-0.3, -0.25) is 4.79 Å². The SMILES string of the molecule is O=C(CCCNS(=O)(=O)c1cccc(C(F)(F)F)c1)NC1CCNC1. The van der Waals surface area contributed by atoms with Gasteiger partial charge in [0.15, 0.2) is 0 Å². The van der Waals surface area contributed by atoms with Gasteiger partial charge < -0.3 is 10.6 Å². The van der Waals surface area contributed by atoms with E-state index >= 15 is 0 Å². The molecule has 0 aromatic heterocycles. The Labute approximate surface area is 144 Å². The van der Waals surface area contributed by atoms with E-state index < -0.39 is 26.7 Å². The van der Waals surface area contributed by atoms with Crippen LogP contribution in [0.1, 0.15) is 24.8 Å². The Morgan fingerprint density at radius 2 is 2.08 bits per heavy atom. The molecule has 6 nitrogen and oxygen atoms in total. The average Bonchev–Trinajstić information content (AvgIpc) is 3.04. The molecule has 0 bridgehead atoms. The third-order valence-electron chi connectivity index (χ3n) is 3.77. The Balaban J connectivity index is 1.82. The summed E-state index contributed by atoms with van der Waals surface area (Å²) in [5, 5.41) is 5.94. The van der Waals surface area contributed by atoms with E-state index in [-0.39, 0.29) is 31.3 Å². The van der Waals surface area contributed by atoms with Gasteiger partial charge in [0.25, 0.3) is 0 Å². The summed E-state index contributed by atoms with van der Waals surface area (Å²) in [7, 11) is -4.06. The molecule has 10 heteroatoms. The van der Waals surface area contributed by atoms with Gasteiger partial charge in [0.1, 0.15) is 0 Å². The van der Waals surface area contributed by atoms with Gasteiger partial charge in [-0.25, -0.2) is 13.1 Å². The van der Waals surface area contributed by atoms with E-state index in [1.807, 2.05) is 0 Å². The molecule has 2 rings (SSSR count). The van der Waals surface area contributed by atoms with Crippen molar-refractivity contribution < 1.29 is 26.4 Å². The lowest BCUT2D eigenvalue weighted by molar-refractivity contribution is -0.137. The van der Waals surface area contributed by atoms with Crippen molar-refractivity contribution in [3.05, 3.63) is 29.8 Å². The number of sulfonamides is 1. The maximum absolute atomic E-state index is 12.7. The van der Waals surface area contributed by atoms with Gasteiger partial charge >= 0.3 is 6.18 Å². The van der Waals surface area contributed by atoms with Crippen LogP contribution in [0, 0.1) is 0 Å². The molecule has 0 radical (unpaired) electrons. The number of halogens is 3. The molecule has 3 N–H and O–H groups in total. The minimum Gasteiger partial charge on any atom is -0.352 e. The second-order valence-corrected chi connectivity index (χ2v) is 7.55. The number of hydrogen-bond donors (Lipinski definition) is 3. The Hall–Kier alpha value is -1.65. The average molecular weight is 379 g/mol. The lowest BCUT2D eigenvalue weighted by atomic mass is 10.2. The summed E-state index contributed by atoms with van der Waals surface area (Å²) in [6.07, 6.45) is -3.36. The number of alkyl halides is 3. The first-order valence-electron chi connectivity index (χ1n) is 7.85. The molecule has 0 spiro atoms. The van der Waals surface area contributed by atoms with Crippen molar-refractivity contribution in [2.24, 2.45) is 0 Å². The largest absolute Gasteiger partial charge is 0.416 e. The zero-order chi connectivity index (χ0) is 18.5. The standard InChI is InChI=1S/C15H20F3N3O3S/c16-15(17,18)11-3-1-4-13(9-11)25(23,24)20-7-2-5-14(22)21-12-6-8-19-10-12/h1,3-4,9,12,19-20H,2,5-8,10H2,(H,21,22). The monoisotopic (exact) mass is 379 g/mol. The summed E-state index contributed by atoms with van der Waals surface area (Å²) in [5.41, 5.74) is -1.03. The number of hydrogen-bond acceptors (Lipinski definition) is 4. The molecule has 0 aliphatic carbocycles. The minimum absolute atomic E-state index is 0.0328. The van der Waals surface area contributed by atoms with Crippen molar-refractivity contribution in [3.8, 4) is 0 Å². The van der Waals surface area contributed by atoms with Crippen LogP contribution in [0.4, 0.5) is 13.2 Å². The minimum atomic E-state index is -4.61. The molecule has 25 heavy (non-hydrogen) atoms. The first-order chi connectivity index (χ1) is 11.7. The molecule has 1 heterocycles. The maximum Gasteiger partial charge on any atom is 0.416 e. The summed E-state index contributed by atoms with van der Waals surface area (Å²) < 4.78 is 64.3. The van der Waals surface area contributed by atoms with Crippen LogP contribution in [0.3, 0.4) is 0 Å². The zero-order valence-corrected chi connectivity index (χ0v) is 14.2. The number of amides is 1. The highest BCUT2D eigenvalue weighted by Gasteiger charge is 2.31. The van der Waals surface area contributed by atoms with Crippen LogP contribution in [-0.4, -0.2) is 40.0 Å². The number of benzene rings is 1. The Kier molecular flexibility index (Phi) is 6.42. The van der Waals surface area contributed by atoms with Crippen molar-refractivity contribution in [3.63, 3.8) is 0 Å². The van der Waals surface area contributed by atoms with Crippen molar-refractivity contribution >= 4 is 15.9 Å². The molecule has 1 fully saturated rings. The number of nitrogens with one attached hydrogen (secondary N) is 3. The first-order valence-corrected chi connectivity index (χ1v) is 9.34. The number of carbonyl (C=O) groups is 1. The molecule has 1 aliphatic rings. The van der Waals surface area contributed by atoms with Gasteiger partial charge in [-0.15, -0.1) is 0 Å². The summed E-state index contributed by atoms with van der Waals surface area (Å²) in [5.74, 6) is -0.174. The van der Waals surface area contributed by atoms with Gasteiger partial charge in [-0.2, -0.15) is 13.2 Å². The molecule has 1 unspecified atom stereocenters. The fraction of sp³-hybridized carbons (Fsp3) is 0.533. The highest BCUT2D eigenvalue weighted by Crippen LogP contribution is 2.30. The summed E-state index contributed by atoms with van der Waals surface area (Å²) in [4.78, 5) is 11.3. The number of carbonyl (C=O) groups excluding carboxylic acids is 1. The highest BCUT2D eigenvalue weighted by atomic mass is 32.2. The van der Waals surface area contributed by atoms with Crippen molar-refractivity contribution in [1.82, 2.24) is 15.4 Å². The molecule has 1 saturated heterocycles. The van der Waals surface area contributed by atoms with Crippen molar-refractivity contribution in [2.75, 3.05) is 19.6 Å². The molecular formula is C15H20F3N3O3S. The first kappa shape index (κ1) is 19.7. The highest BCUT2D eigenvalue weighted by molar-refractivity contribution is 7.89. The van der Waals surface area contributed by atoms with E-state index in [0.29, 0.717) is 12.6 Å². The molecule has 1 aliphatic heterocycles. The molecule has 1 amide bonds. The quantitative estimate of drug-likeness (QED) is 0.622. The van der Waals surface area contributed by atoms with Crippen LogP contribution < -0.4 is 15.4 Å². The molecule has 1 atom stereocenters. The van der Waals surface area contributed by atoms with Crippen LogP contribution in [0.5, 0.6) is 0 Å². The number of rotatable bonds is 7. The predicted octanol–water partition coefficient (Wildman–Crippen LogP) is 1.24. The summed E-state index contributed by atoms with van der Waals surface area (Å²) in [6.45, 7) is 1.53. The second kappa shape index (κ2) is 8.15. The normalized spacial score (nSPS) is 18.3. The second-order valence-electron chi connectivity index (χ2n) is 5.78. The Bertz CT molecular complexity index is 701. The Morgan fingerprint density at radius 3 is 2.72 bits per heavy atom. The van der Waals surface area contributed by atoms with E-state index in [1.165, 1.54) is 0 Å². The van der Waals surface area contributed by atoms with E-state index in [2.05, 4.69) is 15.4 Å². The topological polar surface area (TPSA) is 87.3 Å². The van der Waals surface area contributed by atoms with Crippen molar-refractivity contribution in [1.29, 1.82) is 0 Å². The van der Waals surface area contributed by atoms with Crippen molar-refractivity contribution in [2.45, 2.75) is 36.4 Å². The van der Waals surface area contributed by atoms with Gasteiger partial charge in [-0.1, -0.05) is 6.07 Å². The molecule has 1 aromatic carbocycles. The fourth-order valence-electron chi connectivity index (χ4n) is 2.46. The summed E-state index contributed by atoms with van der Waals surface area (Å²) >= 11 is 0.